The summed E-state index contributed by atoms with van der Waals surface area (Å²) in [5.41, 5.74) is 13.4. The molecular weight excluding hydrogens is 631 g/mol. The first-order valence-corrected chi connectivity index (χ1v) is 16.8. The van der Waals surface area contributed by atoms with E-state index in [0.717, 1.165) is 72.5 Å². The van der Waals surface area contributed by atoms with Crippen LogP contribution in [-0.2, 0) is 0 Å². The van der Waals surface area contributed by atoms with Gasteiger partial charge in [0.15, 0.2) is 16.8 Å². The van der Waals surface area contributed by atoms with Crippen LogP contribution >= 0.6 is 0 Å². The van der Waals surface area contributed by atoms with Gasteiger partial charge in [0, 0.05) is 38.7 Å². The maximum absolute atomic E-state index is 6.25. The van der Waals surface area contributed by atoms with Crippen LogP contribution < -0.4 is 0 Å². The average molecular weight is 656 g/mol. The van der Waals surface area contributed by atoms with Crippen molar-refractivity contribution >= 4 is 66.1 Å². The third kappa shape index (κ3) is 4.17. The third-order valence-corrected chi connectivity index (χ3v) is 9.76. The van der Waals surface area contributed by atoms with E-state index in [2.05, 4.69) is 121 Å². The van der Waals surface area contributed by atoms with Crippen molar-refractivity contribution in [2.75, 3.05) is 0 Å². The molecule has 0 aliphatic rings. The first kappa shape index (κ1) is 27.7. The van der Waals surface area contributed by atoms with E-state index in [-0.39, 0.29) is 0 Å². The number of hydrogen-bond acceptors (Lipinski definition) is 6. The van der Waals surface area contributed by atoms with Gasteiger partial charge < -0.3 is 8.98 Å². The summed E-state index contributed by atoms with van der Waals surface area (Å²) in [6.45, 7) is 0. The highest BCUT2D eigenvalue weighted by Crippen LogP contribution is 2.37. The number of hydrogen-bond donors (Lipinski definition) is 0. The number of para-hydroxylation sites is 3. The Bertz CT molecular complexity index is 2930. The summed E-state index contributed by atoms with van der Waals surface area (Å²) in [5, 5.41) is 11.9. The van der Waals surface area contributed by atoms with Crippen LogP contribution in [-0.4, -0.2) is 34.3 Å². The lowest BCUT2D eigenvalue weighted by Crippen LogP contribution is -1.96. The van der Waals surface area contributed by atoms with Crippen molar-refractivity contribution in [3.63, 3.8) is 0 Å². The molecule has 6 heterocycles. The van der Waals surface area contributed by atoms with Gasteiger partial charge in [0.1, 0.15) is 22.9 Å². The Morgan fingerprint density at radius 1 is 0.451 bits per heavy atom. The average Bonchev–Trinajstić information content (AvgIpc) is 3.85. The summed E-state index contributed by atoms with van der Waals surface area (Å²) in [6.07, 6.45) is 1.49. The molecule has 6 aromatic heterocycles. The molecule has 0 spiro atoms. The lowest BCUT2D eigenvalue weighted by Gasteiger charge is -2.08. The van der Waals surface area contributed by atoms with Gasteiger partial charge in [0.2, 0.25) is 0 Å². The maximum atomic E-state index is 6.25. The van der Waals surface area contributed by atoms with Crippen molar-refractivity contribution in [2.45, 2.75) is 0 Å². The monoisotopic (exact) mass is 655 g/mol. The molecule has 8 nitrogen and oxygen atoms in total. The second-order valence-corrected chi connectivity index (χ2v) is 12.6. The third-order valence-electron chi connectivity index (χ3n) is 9.76. The molecule has 0 N–H and O–H groups in total. The maximum Gasteiger partial charge on any atom is 0.168 e. The van der Waals surface area contributed by atoms with E-state index >= 15 is 0 Å². The van der Waals surface area contributed by atoms with Crippen molar-refractivity contribution in [2.24, 2.45) is 0 Å². The van der Waals surface area contributed by atoms with E-state index < -0.39 is 0 Å². The SMILES string of the molecule is c1ccc(-n2c3ccccc3c3ccc(-c4ccc5oc6ccc(-c7ccc8c9nncnc9n(-c9ccccc9)c8c7)nc6c5n4)cc32)cc1. The molecule has 0 aliphatic carbocycles. The number of fused-ring (bicyclic) bond motifs is 9. The lowest BCUT2D eigenvalue weighted by atomic mass is 10.1. The Hall–Kier alpha value is -7.19. The van der Waals surface area contributed by atoms with E-state index in [9.17, 15) is 0 Å². The van der Waals surface area contributed by atoms with Gasteiger partial charge in [0.05, 0.1) is 27.9 Å². The van der Waals surface area contributed by atoms with Gasteiger partial charge in [-0.1, -0.05) is 72.8 Å². The molecule has 238 valence electrons. The fraction of sp³-hybridized carbons (Fsp3) is 0. The van der Waals surface area contributed by atoms with Crippen LogP contribution in [0.3, 0.4) is 0 Å². The molecule has 11 aromatic rings. The van der Waals surface area contributed by atoms with Crippen molar-refractivity contribution in [3.05, 3.63) is 152 Å². The zero-order valence-corrected chi connectivity index (χ0v) is 27.0. The van der Waals surface area contributed by atoms with Crippen LogP contribution in [0.4, 0.5) is 0 Å². The molecule has 0 bridgehead atoms. The van der Waals surface area contributed by atoms with Crippen LogP contribution in [0, 0.1) is 0 Å². The molecule has 0 saturated heterocycles. The fourth-order valence-electron chi connectivity index (χ4n) is 7.46. The Kier molecular flexibility index (Phi) is 5.79. The molecule has 51 heavy (non-hydrogen) atoms. The molecule has 8 heteroatoms. The van der Waals surface area contributed by atoms with Crippen molar-refractivity contribution in [1.29, 1.82) is 0 Å². The first-order chi connectivity index (χ1) is 25.3. The highest BCUT2D eigenvalue weighted by atomic mass is 16.3. The van der Waals surface area contributed by atoms with E-state index in [0.29, 0.717) is 11.2 Å². The largest absolute Gasteiger partial charge is 0.453 e. The van der Waals surface area contributed by atoms with Gasteiger partial charge in [0.25, 0.3) is 0 Å². The summed E-state index contributed by atoms with van der Waals surface area (Å²) in [5.74, 6) is 0. The second kappa shape index (κ2) is 10.7. The number of benzene rings is 5. The standard InChI is InChI=1S/C43H25N7O/c1-3-9-28(10-4-1)49-35-14-8-7-13-30(35)31-17-15-26(23-36(31)49)33-19-21-38-41(46-33)42-39(51-38)22-20-34(47-42)27-16-18-32-37(24-27)50(29-11-5-2-6-12-29)43-40(32)48-45-25-44-43/h1-25H. The van der Waals surface area contributed by atoms with Gasteiger partial charge in [-0.3, -0.25) is 4.57 Å². The van der Waals surface area contributed by atoms with Crippen molar-refractivity contribution in [3.8, 4) is 33.9 Å². The molecule has 0 unspecified atom stereocenters. The Morgan fingerprint density at radius 2 is 1.02 bits per heavy atom. The number of nitrogens with zero attached hydrogens (tertiary/aromatic N) is 7. The Labute approximate surface area is 289 Å². The van der Waals surface area contributed by atoms with Crippen LogP contribution in [0.2, 0.25) is 0 Å². The Balaban J connectivity index is 1.07. The minimum atomic E-state index is 0.692. The summed E-state index contributed by atoms with van der Waals surface area (Å²) >= 11 is 0. The highest BCUT2D eigenvalue weighted by Gasteiger charge is 2.19. The summed E-state index contributed by atoms with van der Waals surface area (Å²) in [4.78, 5) is 14.9. The molecule has 0 aliphatic heterocycles. The predicted octanol–water partition coefficient (Wildman–Crippen LogP) is 10.1. The zero-order valence-electron chi connectivity index (χ0n) is 27.0. The van der Waals surface area contributed by atoms with E-state index in [4.69, 9.17) is 14.4 Å². The van der Waals surface area contributed by atoms with E-state index in [1.54, 1.807) is 0 Å². The molecule has 11 rings (SSSR count). The number of furan rings is 1. The zero-order chi connectivity index (χ0) is 33.5. The van der Waals surface area contributed by atoms with Gasteiger partial charge in [-0.15, -0.1) is 10.2 Å². The Morgan fingerprint density at radius 3 is 1.71 bits per heavy atom. The summed E-state index contributed by atoms with van der Waals surface area (Å²) < 4.78 is 10.7. The predicted molar refractivity (Wildman–Crippen MR) is 202 cm³/mol. The number of rotatable bonds is 4. The minimum Gasteiger partial charge on any atom is -0.453 e. The molecule has 0 saturated carbocycles. The van der Waals surface area contributed by atoms with Gasteiger partial charge in [-0.2, -0.15) is 0 Å². The molecule has 0 radical (unpaired) electrons. The van der Waals surface area contributed by atoms with E-state index in [1.165, 1.54) is 22.6 Å². The van der Waals surface area contributed by atoms with Gasteiger partial charge >= 0.3 is 0 Å². The lowest BCUT2D eigenvalue weighted by molar-refractivity contribution is 0.667. The fourth-order valence-corrected chi connectivity index (χ4v) is 7.46. The number of aromatic nitrogens is 7. The van der Waals surface area contributed by atoms with Crippen LogP contribution in [0.5, 0.6) is 0 Å². The highest BCUT2D eigenvalue weighted by molar-refractivity contribution is 6.10. The number of pyridine rings is 2. The smallest absolute Gasteiger partial charge is 0.168 e. The van der Waals surface area contributed by atoms with Crippen LogP contribution in [0.15, 0.2) is 156 Å². The summed E-state index contributed by atoms with van der Waals surface area (Å²) in [6, 6.07) is 50.1. The van der Waals surface area contributed by atoms with Gasteiger partial charge in [-0.25, -0.2) is 15.0 Å². The molecule has 0 fully saturated rings. The normalized spacial score (nSPS) is 11.9. The quantitative estimate of drug-likeness (QED) is 0.188. The molecule has 5 aromatic carbocycles. The van der Waals surface area contributed by atoms with E-state index in [1.807, 2.05) is 48.5 Å². The van der Waals surface area contributed by atoms with Crippen molar-refractivity contribution in [1.82, 2.24) is 34.3 Å². The van der Waals surface area contributed by atoms with Gasteiger partial charge in [-0.05, 0) is 72.8 Å². The molecule has 0 amide bonds. The first-order valence-electron chi connectivity index (χ1n) is 16.8. The van der Waals surface area contributed by atoms with Crippen LogP contribution in [0.1, 0.15) is 0 Å². The second-order valence-electron chi connectivity index (χ2n) is 12.6. The topological polar surface area (TPSA) is 87.5 Å². The molecular formula is C43H25N7O. The van der Waals surface area contributed by atoms with Crippen molar-refractivity contribution < 1.29 is 4.42 Å². The summed E-state index contributed by atoms with van der Waals surface area (Å²) in [7, 11) is 0. The van der Waals surface area contributed by atoms with Crippen LogP contribution in [0.25, 0.3) is 100.0 Å². The molecule has 0 atom stereocenters. The minimum absolute atomic E-state index is 0.692.